The molecule has 6 nitrogen and oxygen atoms in total. The van der Waals surface area contributed by atoms with Crippen LogP contribution in [0.4, 0.5) is 0 Å². The molecule has 0 saturated heterocycles. The summed E-state index contributed by atoms with van der Waals surface area (Å²) < 4.78 is 16.6. The van der Waals surface area contributed by atoms with Crippen LogP contribution in [0.15, 0.2) is 85.1 Å². The summed E-state index contributed by atoms with van der Waals surface area (Å²) in [5.41, 5.74) is 0. The van der Waals surface area contributed by atoms with E-state index in [1.807, 2.05) is 0 Å². The lowest BCUT2D eigenvalue weighted by molar-refractivity contribution is -0.167. The van der Waals surface area contributed by atoms with Gasteiger partial charge in [0, 0.05) is 19.3 Å². The highest BCUT2D eigenvalue weighted by Crippen LogP contribution is 2.12. The number of hydrogen-bond donors (Lipinski definition) is 0. The van der Waals surface area contributed by atoms with E-state index in [0.717, 1.165) is 89.9 Å². The number of allylic oxidation sites excluding steroid dienone is 14. The molecule has 0 aliphatic carbocycles. The van der Waals surface area contributed by atoms with Gasteiger partial charge in [-0.3, -0.25) is 14.4 Å². The van der Waals surface area contributed by atoms with E-state index in [1.54, 1.807) is 0 Å². The van der Waals surface area contributed by atoms with Gasteiger partial charge in [0.1, 0.15) is 13.2 Å². The van der Waals surface area contributed by atoms with Gasteiger partial charge in [0.15, 0.2) is 6.10 Å². The van der Waals surface area contributed by atoms with Gasteiger partial charge in [-0.05, 0) is 77.0 Å². The molecule has 0 aromatic heterocycles. The predicted octanol–water partition coefficient (Wildman–Crippen LogP) is 14.1. The largest absolute Gasteiger partial charge is 0.462 e. The molecule has 0 aromatic carbocycles. The van der Waals surface area contributed by atoms with Gasteiger partial charge in [0.05, 0.1) is 0 Å². The van der Waals surface area contributed by atoms with Gasteiger partial charge in [0.2, 0.25) is 0 Å². The summed E-state index contributed by atoms with van der Waals surface area (Å²) in [7, 11) is 0. The van der Waals surface area contributed by atoms with E-state index in [0.29, 0.717) is 12.8 Å². The Kier molecular flexibility index (Phi) is 40.6. The third-order valence-corrected chi connectivity index (χ3v) is 8.91. The van der Waals surface area contributed by atoms with Crippen LogP contribution in [0.3, 0.4) is 0 Å². The summed E-state index contributed by atoms with van der Waals surface area (Å²) in [5.74, 6) is -1.01. The smallest absolute Gasteiger partial charge is 0.306 e. The summed E-state index contributed by atoms with van der Waals surface area (Å²) in [6.45, 7) is 6.34. The minimum Gasteiger partial charge on any atom is -0.462 e. The Hall–Kier alpha value is -3.41. The highest BCUT2D eigenvalue weighted by atomic mass is 16.6. The summed E-state index contributed by atoms with van der Waals surface area (Å²) in [6.07, 6.45) is 54.3. The molecule has 0 saturated carbocycles. The number of esters is 3. The minimum absolute atomic E-state index is 0.105. The first kappa shape index (κ1) is 51.6. The lowest BCUT2D eigenvalue weighted by Gasteiger charge is -2.18. The van der Waals surface area contributed by atoms with Crippen molar-refractivity contribution in [3.8, 4) is 0 Å². The molecule has 0 aliphatic rings. The number of carbonyl (C=O) groups is 3. The minimum atomic E-state index is -0.808. The van der Waals surface area contributed by atoms with Crippen molar-refractivity contribution >= 4 is 17.9 Å². The van der Waals surface area contributed by atoms with Gasteiger partial charge >= 0.3 is 17.9 Å². The van der Waals surface area contributed by atoms with Gasteiger partial charge in [-0.1, -0.05) is 176 Å². The van der Waals surface area contributed by atoms with Crippen molar-refractivity contribution in [2.75, 3.05) is 13.2 Å². The van der Waals surface area contributed by atoms with Crippen molar-refractivity contribution in [2.24, 2.45) is 0 Å². The fraction of sp³-hybridized carbons (Fsp3) is 0.653. The number of ether oxygens (including phenoxy) is 3. The Morgan fingerprint density at radius 1 is 0.400 bits per heavy atom. The monoisotopic (exact) mass is 765 g/mol. The Morgan fingerprint density at radius 3 is 1.33 bits per heavy atom. The zero-order chi connectivity index (χ0) is 40.1. The molecule has 1 unspecified atom stereocenters. The van der Waals surface area contributed by atoms with Crippen LogP contribution >= 0.6 is 0 Å². The number of hydrogen-bond acceptors (Lipinski definition) is 6. The zero-order valence-corrected chi connectivity index (χ0v) is 35.4. The molecule has 0 amide bonds. The maximum Gasteiger partial charge on any atom is 0.306 e. The lowest BCUT2D eigenvalue weighted by atomic mass is 10.1. The maximum atomic E-state index is 12.7. The molecule has 0 heterocycles. The SMILES string of the molecule is CC/C=C\C/C=C\C/C=C\C/C=C\C/C=C\CCCC(=O)OCC(COC(=O)CCCCCCCCCCC)OC(=O)CCCCC/C=C\C=C/CCCC. The summed E-state index contributed by atoms with van der Waals surface area (Å²) >= 11 is 0. The standard InChI is InChI=1S/C49H80O6/c1-4-7-10-13-16-19-21-22-23-24-25-26-28-30-33-36-39-42-48(51)54-45-46(44-53-47(50)41-38-35-32-29-18-15-12-9-6-3)55-49(52)43-40-37-34-31-27-20-17-14-11-8-5-2/h7,10,14,16-17,19-20,22-23,25-27,30,33,46H,4-6,8-9,11-13,15,18,21,24,28-29,31-32,34-45H2,1-3H3/b10-7-,17-14-,19-16-,23-22-,26-25-,27-20-,33-30-. The van der Waals surface area contributed by atoms with Gasteiger partial charge in [-0.25, -0.2) is 0 Å². The van der Waals surface area contributed by atoms with Crippen LogP contribution in [0.5, 0.6) is 0 Å². The van der Waals surface area contributed by atoms with Crippen molar-refractivity contribution in [3.63, 3.8) is 0 Å². The first-order valence-electron chi connectivity index (χ1n) is 22.1. The maximum absolute atomic E-state index is 12.7. The normalized spacial score (nSPS) is 12.9. The Bertz CT molecular complexity index is 1110. The lowest BCUT2D eigenvalue weighted by Crippen LogP contribution is -2.30. The van der Waals surface area contributed by atoms with Crippen LogP contribution in [-0.2, 0) is 28.6 Å². The van der Waals surface area contributed by atoms with Crippen LogP contribution in [0.25, 0.3) is 0 Å². The topological polar surface area (TPSA) is 78.9 Å². The van der Waals surface area contributed by atoms with Crippen LogP contribution in [0.1, 0.15) is 188 Å². The quantitative estimate of drug-likeness (QED) is 0.0205. The fourth-order valence-electron chi connectivity index (χ4n) is 5.57. The highest BCUT2D eigenvalue weighted by Gasteiger charge is 2.19. The van der Waals surface area contributed by atoms with E-state index in [1.165, 1.54) is 51.4 Å². The molecule has 1 atom stereocenters. The summed E-state index contributed by atoms with van der Waals surface area (Å²) in [4.78, 5) is 37.6. The average molecular weight is 765 g/mol. The molecule has 0 rings (SSSR count). The van der Waals surface area contributed by atoms with Gasteiger partial charge in [0.25, 0.3) is 0 Å². The molecule has 0 bridgehead atoms. The second kappa shape index (κ2) is 43.3. The van der Waals surface area contributed by atoms with E-state index in [9.17, 15) is 14.4 Å². The number of unbranched alkanes of at least 4 members (excludes halogenated alkanes) is 14. The van der Waals surface area contributed by atoms with Gasteiger partial charge in [-0.2, -0.15) is 0 Å². The molecular formula is C49H80O6. The number of rotatable bonds is 38. The molecule has 312 valence electrons. The molecule has 0 aromatic rings. The van der Waals surface area contributed by atoms with E-state index in [2.05, 4.69) is 106 Å². The van der Waals surface area contributed by atoms with Crippen LogP contribution in [0, 0.1) is 0 Å². The average Bonchev–Trinajstić information content (AvgIpc) is 3.18. The van der Waals surface area contributed by atoms with Crippen molar-refractivity contribution in [2.45, 2.75) is 194 Å². The highest BCUT2D eigenvalue weighted by molar-refractivity contribution is 5.71. The molecule has 0 spiro atoms. The molecule has 0 aliphatic heterocycles. The summed E-state index contributed by atoms with van der Waals surface area (Å²) in [6, 6.07) is 0. The zero-order valence-electron chi connectivity index (χ0n) is 35.4. The first-order valence-corrected chi connectivity index (χ1v) is 22.1. The van der Waals surface area contributed by atoms with Crippen LogP contribution in [0.2, 0.25) is 0 Å². The predicted molar refractivity (Wildman–Crippen MR) is 233 cm³/mol. The van der Waals surface area contributed by atoms with Gasteiger partial charge in [-0.15, -0.1) is 0 Å². The molecule has 0 fully saturated rings. The first-order chi connectivity index (χ1) is 27.0. The van der Waals surface area contributed by atoms with E-state index in [4.69, 9.17) is 14.2 Å². The van der Waals surface area contributed by atoms with Crippen molar-refractivity contribution in [1.82, 2.24) is 0 Å². The summed E-state index contributed by atoms with van der Waals surface area (Å²) in [5, 5.41) is 0. The molecule has 0 radical (unpaired) electrons. The van der Waals surface area contributed by atoms with E-state index in [-0.39, 0.29) is 44.0 Å². The second-order valence-corrected chi connectivity index (χ2v) is 14.3. The van der Waals surface area contributed by atoms with Crippen molar-refractivity contribution in [3.05, 3.63) is 85.1 Å². The van der Waals surface area contributed by atoms with Crippen molar-refractivity contribution in [1.29, 1.82) is 0 Å². The second-order valence-electron chi connectivity index (χ2n) is 14.3. The van der Waals surface area contributed by atoms with Crippen LogP contribution < -0.4 is 0 Å². The van der Waals surface area contributed by atoms with E-state index < -0.39 is 6.10 Å². The van der Waals surface area contributed by atoms with Gasteiger partial charge < -0.3 is 14.2 Å². The third-order valence-electron chi connectivity index (χ3n) is 8.91. The molecular weight excluding hydrogens is 685 g/mol. The van der Waals surface area contributed by atoms with Crippen LogP contribution in [-0.4, -0.2) is 37.2 Å². The van der Waals surface area contributed by atoms with E-state index >= 15 is 0 Å². The molecule has 6 heteroatoms. The number of carbonyl (C=O) groups excluding carboxylic acids is 3. The van der Waals surface area contributed by atoms with Crippen molar-refractivity contribution < 1.29 is 28.6 Å². The molecule has 55 heavy (non-hydrogen) atoms. The third kappa shape index (κ3) is 41.6. The Morgan fingerprint density at radius 2 is 0.800 bits per heavy atom. The fourth-order valence-corrected chi connectivity index (χ4v) is 5.57. The Labute approximate surface area is 337 Å². The molecule has 0 N–H and O–H groups in total. The Balaban J connectivity index is 4.49.